The third-order valence-corrected chi connectivity index (χ3v) is 2.29. The first-order chi connectivity index (χ1) is 7.38. The second kappa shape index (κ2) is 4.82. The number of nitrogens with zero attached hydrogens (tertiary/aromatic N) is 1. The third-order valence-electron chi connectivity index (χ3n) is 1.68. The van der Waals surface area contributed by atoms with Gasteiger partial charge in [-0.2, -0.15) is 13.2 Å². The number of hydrogen-bond acceptors (Lipinski definition) is 3. The van der Waals surface area contributed by atoms with Crippen LogP contribution < -0.4 is 0 Å². The first-order valence-electron chi connectivity index (χ1n) is 4.25. The second-order valence-corrected chi connectivity index (χ2v) is 3.62. The Morgan fingerprint density at radius 1 is 1.50 bits per heavy atom. The number of halogens is 4. The Hall–Kier alpha value is -1.11. The van der Waals surface area contributed by atoms with E-state index in [4.69, 9.17) is 0 Å². The van der Waals surface area contributed by atoms with Crippen molar-refractivity contribution in [1.82, 2.24) is 4.98 Å². The van der Waals surface area contributed by atoms with E-state index in [0.29, 0.717) is 6.20 Å². The first-order valence-corrected chi connectivity index (χ1v) is 5.05. The fourth-order valence-corrected chi connectivity index (χ4v) is 1.55. The largest absolute Gasteiger partial charge is 0.462 e. The van der Waals surface area contributed by atoms with Gasteiger partial charge in [0, 0.05) is 12.4 Å². The van der Waals surface area contributed by atoms with E-state index in [0.717, 1.165) is 6.20 Å². The molecule has 0 fully saturated rings. The van der Waals surface area contributed by atoms with Gasteiger partial charge in [-0.25, -0.2) is 4.79 Å². The summed E-state index contributed by atoms with van der Waals surface area (Å²) < 4.78 is 42.2. The van der Waals surface area contributed by atoms with Gasteiger partial charge in [0.1, 0.15) is 0 Å². The molecule has 1 aromatic heterocycles. The van der Waals surface area contributed by atoms with E-state index in [1.165, 1.54) is 6.92 Å². The zero-order valence-electron chi connectivity index (χ0n) is 8.14. The fraction of sp³-hybridized carbons (Fsp3) is 0.333. The number of ether oxygens (including phenoxy) is 1. The Bertz CT molecular complexity index is 406. The van der Waals surface area contributed by atoms with Crippen LogP contribution in [0.2, 0.25) is 0 Å². The molecule has 0 amide bonds. The van der Waals surface area contributed by atoms with Gasteiger partial charge in [0.25, 0.3) is 0 Å². The van der Waals surface area contributed by atoms with Crippen molar-refractivity contribution in [3.8, 4) is 0 Å². The van der Waals surface area contributed by atoms with Gasteiger partial charge in [0.15, 0.2) is 0 Å². The van der Waals surface area contributed by atoms with Crippen LogP contribution in [0.25, 0.3) is 0 Å². The molecule has 0 aliphatic carbocycles. The highest BCUT2D eigenvalue weighted by Gasteiger charge is 2.37. The summed E-state index contributed by atoms with van der Waals surface area (Å²) in [5, 5.41) is 0. The predicted octanol–water partition coefficient (Wildman–Crippen LogP) is 3.04. The fourth-order valence-electron chi connectivity index (χ4n) is 1.06. The average molecular weight is 298 g/mol. The molecule has 0 aliphatic rings. The Labute approximate surface area is 97.8 Å². The van der Waals surface area contributed by atoms with E-state index in [9.17, 15) is 18.0 Å². The highest BCUT2D eigenvalue weighted by atomic mass is 79.9. The molecule has 0 aromatic carbocycles. The number of carbonyl (C=O) groups is 1. The van der Waals surface area contributed by atoms with Crippen LogP contribution >= 0.6 is 15.9 Å². The highest BCUT2D eigenvalue weighted by Crippen LogP contribution is 2.34. The monoisotopic (exact) mass is 297 g/mol. The topological polar surface area (TPSA) is 39.2 Å². The van der Waals surface area contributed by atoms with E-state index in [1.807, 2.05) is 0 Å². The quantitative estimate of drug-likeness (QED) is 0.788. The van der Waals surface area contributed by atoms with Crippen LogP contribution in [0.1, 0.15) is 22.8 Å². The van der Waals surface area contributed by atoms with Crippen LogP contribution in [0.4, 0.5) is 13.2 Å². The van der Waals surface area contributed by atoms with Crippen molar-refractivity contribution < 1.29 is 22.7 Å². The van der Waals surface area contributed by atoms with Crippen molar-refractivity contribution in [3.05, 3.63) is 28.0 Å². The molecule has 0 spiro atoms. The standard InChI is InChI=1S/C9H7BrF3NO2/c1-2-16-8(15)7-5(9(11,12)13)3-14-4-6(7)10/h3-4H,2H2,1H3. The van der Waals surface area contributed by atoms with Crippen LogP contribution in [-0.2, 0) is 10.9 Å². The van der Waals surface area contributed by atoms with Crippen molar-refractivity contribution in [2.75, 3.05) is 6.61 Å². The molecule has 0 atom stereocenters. The zero-order chi connectivity index (χ0) is 12.3. The molecule has 1 rings (SSSR count). The second-order valence-electron chi connectivity index (χ2n) is 2.76. The minimum absolute atomic E-state index is 0.00485. The van der Waals surface area contributed by atoms with E-state index < -0.39 is 23.3 Å². The molecule has 7 heteroatoms. The summed E-state index contributed by atoms with van der Waals surface area (Å²) in [5.74, 6) is -1.02. The number of esters is 1. The molecule has 0 saturated carbocycles. The van der Waals surface area contributed by atoms with Crippen molar-refractivity contribution in [3.63, 3.8) is 0 Å². The van der Waals surface area contributed by atoms with Crippen molar-refractivity contribution >= 4 is 21.9 Å². The molecule has 0 bridgehead atoms. The molecule has 1 aromatic rings. The lowest BCUT2D eigenvalue weighted by atomic mass is 10.1. The van der Waals surface area contributed by atoms with Gasteiger partial charge < -0.3 is 4.74 Å². The molecule has 1 heterocycles. The van der Waals surface area contributed by atoms with Crippen molar-refractivity contribution in [1.29, 1.82) is 0 Å². The minimum atomic E-state index is -4.64. The molecule has 88 valence electrons. The lowest BCUT2D eigenvalue weighted by molar-refractivity contribution is -0.138. The number of hydrogen-bond donors (Lipinski definition) is 0. The SMILES string of the molecule is CCOC(=O)c1c(Br)cncc1C(F)(F)F. The van der Waals surface area contributed by atoms with Gasteiger partial charge in [-0.15, -0.1) is 0 Å². The summed E-state index contributed by atoms with van der Waals surface area (Å²) in [5.41, 5.74) is -1.66. The Kier molecular flexibility index (Phi) is 3.90. The lowest BCUT2D eigenvalue weighted by Crippen LogP contribution is -2.16. The average Bonchev–Trinajstić information content (AvgIpc) is 2.16. The maximum Gasteiger partial charge on any atom is 0.418 e. The molecule has 16 heavy (non-hydrogen) atoms. The van der Waals surface area contributed by atoms with Gasteiger partial charge in [-0.1, -0.05) is 0 Å². The molecule has 0 aliphatic heterocycles. The summed E-state index contributed by atoms with van der Waals surface area (Å²) in [4.78, 5) is 14.7. The smallest absolute Gasteiger partial charge is 0.418 e. The number of alkyl halides is 3. The van der Waals surface area contributed by atoms with Gasteiger partial charge in [-0.05, 0) is 22.9 Å². The third kappa shape index (κ3) is 2.72. The number of carbonyl (C=O) groups excluding carboxylic acids is 1. The molecular formula is C9H7BrF3NO2. The Morgan fingerprint density at radius 3 is 2.62 bits per heavy atom. The van der Waals surface area contributed by atoms with Gasteiger partial charge in [0.2, 0.25) is 0 Å². The molecule has 0 N–H and O–H groups in total. The van der Waals surface area contributed by atoms with Gasteiger partial charge in [0.05, 0.1) is 22.2 Å². The summed E-state index contributed by atoms with van der Waals surface area (Å²) in [6.45, 7) is 1.52. The van der Waals surface area contributed by atoms with Crippen LogP contribution in [0.5, 0.6) is 0 Å². The number of aromatic nitrogens is 1. The van der Waals surface area contributed by atoms with E-state index >= 15 is 0 Å². The van der Waals surface area contributed by atoms with E-state index in [1.54, 1.807) is 0 Å². The Balaban J connectivity index is 3.30. The minimum Gasteiger partial charge on any atom is -0.462 e. The normalized spacial score (nSPS) is 11.3. The first kappa shape index (κ1) is 13.0. The molecule has 0 radical (unpaired) electrons. The van der Waals surface area contributed by atoms with Crippen LogP contribution in [-0.4, -0.2) is 17.6 Å². The molecule has 3 nitrogen and oxygen atoms in total. The van der Waals surface area contributed by atoms with E-state index in [2.05, 4.69) is 25.7 Å². The Morgan fingerprint density at radius 2 is 2.12 bits per heavy atom. The molecule has 0 saturated heterocycles. The van der Waals surface area contributed by atoms with Gasteiger partial charge >= 0.3 is 12.1 Å². The lowest BCUT2D eigenvalue weighted by Gasteiger charge is -2.12. The summed E-state index contributed by atoms with van der Waals surface area (Å²) in [7, 11) is 0. The van der Waals surface area contributed by atoms with Crippen LogP contribution in [0.3, 0.4) is 0 Å². The van der Waals surface area contributed by atoms with Gasteiger partial charge in [-0.3, -0.25) is 4.98 Å². The number of rotatable bonds is 2. The predicted molar refractivity (Wildman–Crippen MR) is 52.9 cm³/mol. The van der Waals surface area contributed by atoms with Crippen molar-refractivity contribution in [2.24, 2.45) is 0 Å². The summed E-state index contributed by atoms with van der Waals surface area (Å²) in [6.07, 6.45) is -2.93. The summed E-state index contributed by atoms with van der Waals surface area (Å²) in [6, 6.07) is 0. The van der Waals surface area contributed by atoms with E-state index in [-0.39, 0.29) is 11.1 Å². The zero-order valence-corrected chi connectivity index (χ0v) is 9.72. The van der Waals surface area contributed by atoms with Crippen LogP contribution in [0.15, 0.2) is 16.9 Å². The van der Waals surface area contributed by atoms with Crippen molar-refractivity contribution in [2.45, 2.75) is 13.1 Å². The highest BCUT2D eigenvalue weighted by molar-refractivity contribution is 9.10. The maximum absolute atomic E-state index is 12.6. The van der Waals surface area contributed by atoms with Crippen LogP contribution in [0, 0.1) is 0 Å². The number of pyridine rings is 1. The summed E-state index contributed by atoms with van der Waals surface area (Å²) >= 11 is 2.85. The molecular weight excluding hydrogens is 291 g/mol. The molecule has 0 unspecified atom stereocenters. The maximum atomic E-state index is 12.6.